The third kappa shape index (κ3) is 5.82. The Morgan fingerprint density at radius 1 is 0.952 bits per heavy atom. The zero-order valence-electron chi connectivity index (χ0n) is 22.8. The maximum atomic E-state index is 12.9. The van der Waals surface area contributed by atoms with Crippen LogP contribution >= 0.6 is 0 Å². The molecule has 0 radical (unpaired) electrons. The van der Waals surface area contributed by atoms with E-state index in [0.717, 1.165) is 16.2 Å². The number of aromatic nitrogens is 2. The summed E-state index contributed by atoms with van der Waals surface area (Å²) in [7, 11) is 1.23. The summed E-state index contributed by atoms with van der Waals surface area (Å²) < 4.78 is 4.86. The number of fused-ring (bicyclic) bond motifs is 2. The van der Waals surface area contributed by atoms with Gasteiger partial charge in [0, 0.05) is 29.7 Å². The van der Waals surface area contributed by atoms with Crippen LogP contribution < -0.4 is 22.1 Å². The topological polar surface area (TPSA) is 183 Å². The highest BCUT2D eigenvalue weighted by atomic mass is 16.5. The Labute approximate surface area is 241 Å². The second-order valence-corrected chi connectivity index (χ2v) is 9.75. The molecule has 2 heterocycles. The molecule has 1 atom stereocenters. The molecule has 214 valence electrons. The first-order chi connectivity index (χ1) is 20.2. The fourth-order valence-electron chi connectivity index (χ4n) is 4.80. The third-order valence-electron chi connectivity index (χ3n) is 6.99. The van der Waals surface area contributed by atoms with Crippen LogP contribution in [-0.4, -0.2) is 58.3 Å². The SMILES string of the molecule is COC(=O)[C@H](CCCN1C(=O)c2ccccc2C1=O)NC(=O)c1ccc(NCc2ccc3nc(N)nc(N)c3c2)cc1. The normalized spacial score (nSPS) is 13.1. The second kappa shape index (κ2) is 11.9. The molecule has 0 aliphatic carbocycles. The van der Waals surface area contributed by atoms with Gasteiger partial charge in [0.15, 0.2) is 0 Å². The van der Waals surface area contributed by atoms with Crippen molar-refractivity contribution in [2.75, 3.05) is 30.4 Å². The molecule has 12 heteroatoms. The molecule has 0 saturated carbocycles. The number of imide groups is 1. The Hall–Kier alpha value is -5.52. The van der Waals surface area contributed by atoms with Crippen LogP contribution in [-0.2, 0) is 16.1 Å². The van der Waals surface area contributed by atoms with E-state index in [1.807, 2.05) is 18.2 Å². The summed E-state index contributed by atoms with van der Waals surface area (Å²) in [5, 5.41) is 6.69. The van der Waals surface area contributed by atoms with Crippen molar-refractivity contribution in [3.8, 4) is 0 Å². The molecule has 0 spiro atoms. The quantitative estimate of drug-likeness (QED) is 0.164. The summed E-state index contributed by atoms with van der Waals surface area (Å²) in [5.41, 5.74) is 15.1. The van der Waals surface area contributed by atoms with Crippen LogP contribution in [0.15, 0.2) is 66.7 Å². The average molecular weight is 568 g/mol. The Morgan fingerprint density at radius 2 is 1.64 bits per heavy atom. The lowest BCUT2D eigenvalue weighted by Crippen LogP contribution is -2.42. The summed E-state index contributed by atoms with van der Waals surface area (Å²) in [6.07, 6.45) is 0.480. The van der Waals surface area contributed by atoms with Gasteiger partial charge in [0.25, 0.3) is 17.7 Å². The number of amides is 3. The molecule has 0 bridgehead atoms. The first-order valence-electron chi connectivity index (χ1n) is 13.2. The predicted octanol–water partition coefficient (Wildman–Crippen LogP) is 2.75. The molecule has 3 aromatic carbocycles. The Kier molecular flexibility index (Phi) is 7.96. The van der Waals surface area contributed by atoms with E-state index in [-0.39, 0.29) is 30.7 Å². The minimum atomic E-state index is -0.949. The molecule has 0 saturated heterocycles. The summed E-state index contributed by atoms with van der Waals surface area (Å²) in [5.74, 6) is -1.38. The standard InChI is InChI=1S/C30H29N7O5/c1-42-29(41)24(7-4-14-37-27(39)20-5-2-3-6-21(20)28(37)40)34-26(38)18-9-11-19(12-10-18)33-16-17-8-13-23-22(15-17)25(31)36-30(32)35-23/h2-3,5-6,8-13,15,24,33H,4,7,14,16H2,1H3,(H,34,38)(H4,31,32,35,36)/t24-/m0/s1. The van der Waals surface area contributed by atoms with E-state index in [4.69, 9.17) is 16.2 Å². The van der Waals surface area contributed by atoms with Gasteiger partial charge in [0.2, 0.25) is 5.95 Å². The number of nitrogen functional groups attached to an aromatic ring is 2. The summed E-state index contributed by atoms with van der Waals surface area (Å²) in [4.78, 5) is 59.8. The van der Waals surface area contributed by atoms with Gasteiger partial charge in [-0.05, 0) is 66.9 Å². The van der Waals surface area contributed by atoms with Crippen molar-refractivity contribution < 1.29 is 23.9 Å². The van der Waals surface area contributed by atoms with E-state index in [1.165, 1.54) is 7.11 Å². The van der Waals surface area contributed by atoms with Gasteiger partial charge >= 0.3 is 5.97 Å². The predicted molar refractivity (Wildman–Crippen MR) is 156 cm³/mol. The van der Waals surface area contributed by atoms with E-state index in [1.54, 1.807) is 48.5 Å². The molecule has 12 nitrogen and oxygen atoms in total. The highest BCUT2D eigenvalue weighted by molar-refractivity contribution is 6.21. The third-order valence-corrected chi connectivity index (χ3v) is 6.99. The maximum Gasteiger partial charge on any atom is 0.328 e. The Bertz CT molecular complexity index is 1650. The number of nitrogens with zero attached hydrogens (tertiary/aromatic N) is 3. The number of methoxy groups -OCH3 is 1. The number of carbonyl (C=O) groups is 4. The van der Waals surface area contributed by atoms with Gasteiger partial charge in [-0.2, -0.15) is 4.98 Å². The van der Waals surface area contributed by atoms with Gasteiger partial charge in [0.05, 0.1) is 23.8 Å². The molecular weight excluding hydrogens is 538 g/mol. The molecule has 4 aromatic rings. The van der Waals surface area contributed by atoms with Crippen LogP contribution in [0.4, 0.5) is 17.5 Å². The molecule has 1 aromatic heterocycles. The van der Waals surface area contributed by atoms with Crippen LogP contribution in [0.25, 0.3) is 10.9 Å². The molecule has 6 N–H and O–H groups in total. The van der Waals surface area contributed by atoms with Gasteiger partial charge in [-0.15, -0.1) is 0 Å². The Balaban J connectivity index is 1.16. The zero-order valence-corrected chi connectivity index (χ0v) is 22.8. The number of nitrogens with two attached hydrogens (primary N) is 2. The number of hydrogen-bond donors (Lipinski definition) is 4. The van der Waals surface area contributed by atoms with Crippen LogP contribution in [0, 0.1) is 0 Å². The molecule has 1 aliphatic heterocycles. The van der Waals surface area contributed by atoms with Crippen molar-refractivity contribution in [2.45, 2.75) is 25.4 Å². The second-order valence-electron chi connectivity index (χ2n) is 9.75. The van der Waals surface area contributed by atoms with Crippen molar-refractivity contribution in [1.29, 1.82) is 0 Å². The smallest absolute Gasteiger partial charge is 0.328 e. The van der Waals surface area contributed by atoms with Crippen molar-refractivity contribution in [3.63, 3.8) is 0 Å². The first kappa shape index (κ1) is 28.0. The number of benzene rings is 3. The highest BCUT2D eigenvalue weighted by Crippen LogP contribution is 2.23. The summed E-state index contributed by atoms with van der Waals surface area (Å²) in [6.45, 7) is 0.601. The molecule has 0 unspecified atom stereocenters. The lowest BCUT2D eigenvalue weighted by molar-refractivity contribution is -0.143. The Morgan fingerprint density at radius 3 is 2.31 bits per heavy atom. The van der Waals surface area contributed by atoms with Crippen LogP contribution in [0.2, 0.25) is 0 Å². The van der Waals surface area contributed by atoms with Crippen LogP contribution in [0.1, 0.15) is 49.5 Å². The van der Waals surface area contributed by atoms with E-state index in [9.17, 15) is 19.2 Å². The molecular formula is C30H29N7O5. The molecule has 5 rings (SSSR count). The number of carbonyl (C=O) groups excluding carboxylic acids is 4. The summed E-state index contributed by atoms with van der Waals surface area (Å²) in [6, 6.07) is 18.1. The number of esters is 1. The lowest BCUT2D eigenvalue weighted by Gasteiger charge is -2.19. The first-order valence-corrected chi connectivity index (χ1v) is 13.2. The monoisotopic (exact) mass is 567 g/mol. The van der Waals surface area contributed by atoms with Crippen molar-refractivity contribution >= 4 is 52.0 Å². The molecule has 0 fully saturated rings. The van der Waals surface area contributed by atoms with Gasteiger partial charge in [-0.1, -0.05) is 18.2 Å². The largest absolute Gasteiger partial charge is 0.467 e. The van der Waals surface area contributed by atoms with Gasteiger partial charge < -0.3 is 26.8 Å². The van der Waals surface area contributed by atoms with E-state index < -0.39 is 17.9 Å². The minimum absolute atomic E-state index is 0.112. The molecule has 1 aliphatic rings. The fraction of sp³-hybridized carbons (Fsp3) is 0.200. The van der Waals surface area contributed by atoms with E-state index >= 15 is 0 Å². The minimum Gasteiger partial charge on any atom is -0.467 e. The van der Waals surface area contributed by atoms with Crippen LogP contribution in [0.5, 0.6) is 0 Å². The molecule has 3 amide bonds. The zero-order chi connectivity index (χ0) is 29.8. The number of ether oxygens (including phenoxy) is 1. The van der Waals surface area contributed by atoms with Crippen LogP contribution in [0.3, 0.4) is 0 Å². The van der Waals surface area contributed by atoms with Crippen molar-refractivity contribution in [3.05, 3.63) is 89.0 Å². The van der Waals surface area contributed by atoms with E-state index in [0.29, 0.717) is 46.4 Å². The number of anilines is 3. The number of nitrogens with one attached hydrogen (secondary N) is 2. The summed E-state index contributed by atoms with van der Waals surface area (Å²) >= 11 is 0. The maximum absolute atomic E-state index is 12.9. The van der Waals surface area contributed by atoms with Gasteiger partial charge in [-0.3, -0.25) is 19.3 Å². The van der Waals surface area contributed by atoms with Gasteiger partial charge in [-0.25, -0.2) is 9.78 Å². The number of rotatable bonds is 10. The van der Waals surface area contributed by atoms with E-state index in [2.05, 4.69) is 20.6 Å². The van der Waals surface area contributed by atoms with Crippen molar-refractivity contribution in [1.82, 2.24) is 20.2 Å². The average Bonchev–Trinajstić information content (AvgIpc) is 3.24. The highest BCUT2D eigenvalue weighted by Gasteiger charge is 2.35. The van der Waals surface area contributed by atoms with Crippen molar-refractivity contribution in [2.24, 2.45) is 0 Å². The lowest BCUT2D eigenvalue weighted by atomic mass is 10.1. The number of hydrogen-bond acceptors (Lipinski definition) is 10. The molecule has 42 heavy (non-hydrogen) atoms. The van der Waals surface area contributed by atoms with Gasteiger partial charge in [0.1, 0.15) is 11.9 Å². The fourth-order valence-corrected chi connectivity index (χ4v) is 4.80.